The highest BCUT2D eigenvalue weighted by Crippen LogP contribution is 2.30. The lowest BCUT2D eigenvalue weighted by atomic mass is 10.2. The highest BCUT2D eigenvalue weighted by atomic mass is 35.5. The van der Waals surface area contributed by atoms with Gasteiger partial charge in [-0.15, -0.1) is 0 Å². The number of nitrogens with zero attached hydrogens (tertiary/aromatic N) is 1. The fourth-order valence-corrected chi connectivity index (χ4v) is 2.10. The molecule has 3 nitrogen and oxygen atoms in total. The minimum absolute atomic E-state index is 0.0665. The molecule has 1 radical (unpaired) electrons. The first-order valence-electron chi connectivity index (χ1n) is 5.81. The molecule has 0 fully saturated rings. The molecule has 3 aromatic rings. The van der Waals surface area contributed by atoms with Crippen molar-refractivity contribution in [3.63, 3.8) is 0 Å². The maximum absolute atomic E-state index is 11.2. The number of ether oxygens (including phenoxy) is 1. The molecule has 0 aliphatic rings. The molecule has 0 saturated carbocycles. The molecule has 99 valence electrons. The first-order valence-corrected chi connectivity index (χ1v) is 6.57. The van der Waals surface area contributed by atoms with Crippen molar-refractivity contribution in [2.45, 2.75) is 0 Å². The van der Waals surface area contributed by atoms with E-state index in [0.717, 1.165) is 5.39 Å². The minimum atomic E-state index is -0.0665. The molecule has 20 heavy (non-hydrogen) atoms. The zero-order valence-corrected chi connectivity index (χ0v) is 11.7. The summed E-state index contributed by atoms with van der Waals surface area (Å²) in [4.78, 5) is 4.19. The Bertz CT molecular complexity index is 790. The summed E-state index contributed by atoms with van der Waals surface area (Å²) < 4.78 is 5.67. The minimum Gasteiger partial charge on any atom is -0.456 e. The average molecular weight is 305 g/mol. The van der Waals surface area contributed by atoms with E-state index >= 15 is 0 Å². The predicted octanol–water partition coefficient (Wildman–Crippen LogP) is 5.48. The second kappa shape index (κ2) is 5.19. The van der Waals surface area contributed by atoms with Crippen LogP contribution in [0.4, 0.5) is 0 Å². The van der Waals surface area contributed by atoms with Crippen LogP contribution in [-0.4, -0.2) is 4.98 Å². The SMILES string of the molecule is [O]c1ccc2cc(Oc3ccc(Cl)c(Cl)c3)cnc2c1. The van der Waals surface area contributed by atoms with Gasteiger partial charge in [0.2, 0.25) is 0 Å². The van der Waals surface area contributed by atoms with Gasteiger partial charge in [-0.2, -0.15) is 0 Å². The summed E-state index contributed by atoms with van der Waals surface area (Å²) in [5.41, 5.74) is 0.638. The summed E-state index contributed by atoms with van der Waals surface area (Å²) in [6.07, 6.45) is 1.56. The molecule has 0 N–H and O–H groups in total. The highest BCUT2D eigenvalue weighted by molar-refractivity contribution is 6.42. The first-order chi connectivity index (χ1) is 9.61. The fraction of sp³-hybridized carbons (Fsp3) is 0. The largest absolute Gasteiger partial charge is 0.456 e. The third-order valence-electron chi connectivity index (χ3n) is 2.76. The van der Waals surface area contributed by atoms with Gasteiger partial charge in [0, 0.05) is 17.5 Å². The maximum atomic E-state index is 11.2. The lowest BCUT2D eigenvalue weighted by molar-refractivity contribution is 0.355. The Morgan fingerprint density at radius 2 is 1.75 bits per heavy atom. The van der Waals surface area contributed by atoms with Crippen LogP contribution in [-0.2, 0) is 5.11 Å². The van der Waals surface area contributed by atoms with Crippen molar-refractivity contribution >= 4 is 34.1 Å². The summed E-state index contributed by atoms with van der Waals surface area (Å²) in [5, 5.41) is 13.0. The molecule has 0 aliphatic heterocycles. The number of hydrogen-bond donors (Lipinski definition) is 0. The van der Waals surface area contributed by atoms with E-state index in [9.17, 15) is 5.11 Å². The maximum Gasteiger partial charge on any atom is 0.180 e. The molecule has 2 aromatic carbocycles. The van der Waals surface area contributed by atoms with E-state index in [4.69, 9.17) is 27.9 Å². The van der Waals surface area contributed by atoms with Crippen LogP contribution in [0.1, 0.15) is 0 Å². The van der Waals surface area contributed by atoms with Gasteiger partial charge in [-0.3, -0.25) is 10.1 Å². The normalized spacial score (nSPS) is 10.7. The molecule has 0 amide bonds. The molecule has 0 aliphatic carbocycles. The molecule has 3 rings (SSSR count). The van der Waals surface area contributed by atoms with E-state index < -0.39 is 0 Å². The molecule has 0 saturated heterocycles. The molecule has 5 heteroatoms. The molecular formula is C15H8Cl2NO2. The third kappa shape index (κ3) is 2.64. The predicted molar refractivity (Wildman–Crippen MR) is 78.4 cm³/mol. The summed E-state index contributed by atoms with van der Waals surface area (Å²) in [6.45, 7) is 0. The fourth-order valence-electron chi connectivity index (χ4n) is 1.81. The van der Waals surface area contributed by atoms with E-state index in [0.29, 0.717) is 27.1 Å². The smallest absolute Gasteiger partial charge is 0.180 e. The van der Waals surface area contributed by atoms with Crippen LogP contribution in [0.2, 0.25) is 10.0 Å². The van der Waals surface area contributed by atoms with Crippen LogP contribution in [0.25, 0.3) is 10.9 Å². The molecule has 0 spiro atoms. The summed E-state index contributed by atoms with van der Waals surface area (Å²) in [5.74, 6) is 1.07. The standard InChI is InChI=1S/C15H8Cl2NO2/c16-13-4-3-11(7-14(13)17)20-12-5-9-1-2-10(19)6-15(9)18-8-12/h1-8H. The number of halogens is 2. The van der Waals surface area contributed by atoms with Crippen molar-refractivity contribution in [3.05, 3.63) is 58.7 Å². The van der Waals surface area contributed by atoms with Crippen LogP contribution >= 0.6 is 23.2 Å². The topological polar surface area (TPSA) is 42.0 Å². The second-order valence-corrected chi connectivity index (χ2v) is 5.02. The number of pyridine rings is 1. The summed E-state index contributed by atoms with van der Waals surface area (Å²) >= 11 is 11.8. The van der Waals surface area contributed by atoms with Gasteiger partial charge in [0.1, 0.15) is 11.5 Å². The molecule has 0 bridgehead atoms. The average Bonchev–Trinajstić information content (AvgIpc) is 2.43. The number of benzene rings is 2. The van der Waals surface area contributed by atoms with E-state index in [1.165, 1.54) is 12.1 Å². The zero-order valence-electron chi connectivity index (χ0n) is 10.1. The Balaban J connectivity index is 1.94. The van der Waals surface area contributed by atoms with Gasteiger partial charge in [0.15, 0.2) is 5.75 Å². The van der Waals surface area contributed by atoms with Crippen molar-refractivity contribution in [2.75, 3.05) is 0 Å². The third-order valence-corrected chi connectivity index (χ3v) is 3.50. The van der Waals surface area contributed by atoms with E-state index in [1.807, 2.05) is 6.07 Å². The number of aromatic nitrogens is 1. The van der Waals surface area contributed by atoms with E-state index in [2.05, 4.69) is 4.98 Å². The lowest BCUT2D eigenvalue weighted by Gasteiger charge is -2.07. The van der Waals surface area contributed by atoms with Crippen molar-refractivity contribution in [2.24, 2.45) is 0 Å². The van der Waals surface area contributed by atoms with Gasteiger partial charge in [0.25, 0.3) is 0 Å². The first kappa shape index (κ1) is 13.0. The van der Waals surface area contributed by atoms with Crippen molar-refractivity contribution in [1.29, 1.82) is 0 Å². The van der Waals surface area contributed by atoms with Crippen LogP contribution in [0, 0.1) is 0 Å². The number of hydrogen-bond acceptors (Lipinski definition) is 2. The van der Waals surface area contributed by atoms with Gasteiger partial charge in [-0.1, -0.05) is 23.2 Å². The summed E-state index contributed by atoms with van der Waals surface area (Å²) in [6, 6.07) is 11.5. The molecule has 1 aromatic heterocycles. The Morgan fingerprint density at radius 1 is 0.900 bits per heavy atom. The Kier molecular flexibility index (Phi) is 3.38. The van der Waals surface area contributed by atoms with E-state index in [-0.39, 0.29) is 5.75 Å². The van der Waals surface area contributed by atoms with Crippen LogP contribution in [0.5, 0.6) is 17.2 Å². The van der Waals surface area contributed by atoms with Crippen LogP contribution < -0.4 is 4.74 Å². The molecule has 1 heterocycles. The molecule has 0 atom stereocenters. The lowest BCUT2D eigenvalue weighted by Crippen LogP contribution is -1.86. The Hall–Kier alpha value is -1.97. The molecule has 0 unspecified atom stereocenters. The van der Waals surface area contributed by atoms with Gasteiger partial charge in [0.05, 0.1) is 21.8 Å². The van der Waals surface area contributed by atoms with Crippen LogP contribution in [0.3, 0.4) is 0 Å². The molecular weight excluding hydrogens is 297 g/mol. The van der Waals surface area contributed by atoms with Crippen molar-refractivity contribution < 1.29 is 9.84 Å². The van der Waals surface area contributed by atoms with Crippen molar-refractivity contribution in [3.8, 4) is 17.2 Å². The monoisotopic (exact) mass is 304 g/mol. The van der Waals surface area contributed by atoms with Gasteiger partial charge in [-0.05, 0) is 30.3 Å². The highest BCUT2D eigenvalue weighted by Gasteiger charge is 2.04. The zero-order chi connectivity index (χ0) is 14.1. The quantitative estimate of drug-likeness (QED) is 0.629. The second-order valence-electron chi connectivity index (χ2n) is 4.20. The van der Waals surface area contributed by atoms with Gasteiger partial charge in [-0.25, -0.2) is 0 Å². The van der Waals surface area contributed by atoms with Gasteiger partial charge >= 0.3 is 0 Å². The number of fused-ring (bicyclic) bond motifs is 1. The van der Waals surface area contributed by atoms with E-state index in [1.54, 1.807) is 30.5 Å². The van der Waals surface area contributed by atoms with Crippen LogP contribution in [0.15, 0.2) is 48.7 Å². The van der Waals surface area contributed by atoms with Crippen molar-refractivity contribution in [1.82, 2.24) is 4.98 Å². The Morgan fingerprint density at radius 3 is 2.55 bits per heavy atom. The van der Waals surface area contributed by atoms with Gasteiger partial charge < -0.3 is 4.74 Å². The number of rotatable bonds is 2. The summed E-state index contributed by atoms with van der Waals surface area (Å²) in [7, 11) is 0. The Labute approximate surface area is 125 Å².